The van der Waals surface area contributed by atoms with E-state index in [1.165, 1.54) is 19.3 Å². The minimum Gasteiger partial charge on any atom is -0.292 e. The molecule has 18 heavy (non-hydrogen) atoms. The number of benzene rings is 1. The van der Waals surface area contributed by atoms with Crippen molar-refractivity contribution in [3.8, 4) is 0 Å². The molecule has 1 aliphatic carbocycles. The smallest absolute Gasteiger partial charge is 0.182 e. The summed E-state index contributed by atoms with van der Waals surface area (Å²) in [6, 6.07) is 9.86. The number of rotatable bonds is 3. The minimum atomic E-state index is 0.164. The van der Waals surface area contributed by atoms with Crippen LogP contribution < -0.4 is 0 Å². The summed E-state index contributed by atoms with van der Waals surface area (Å²) in [7, 11) is 0. The van der Waals surface area contributed by atoms with Crippen LogP contribution in [-0.4, -0.2) is 10.8 Å². The Morgan fingerprint density at radius 3 is 2.83 bits per heavy atom. The topological polar surface area (TPSA) is 30.0 Å². The molecule has 1 aromatic heterocycles. The number of hydrogen-bond donors (Lipinski definition) is 0. The molecule has 0 N–H and O–H groups in total. The molecule has 92 valence electrons. The van der Waals surface area contributed by atoms with Gasteiger partial charge in [-0.15, -0.1) is 0 Å². The van der Waals surface area contributed by atoms with E-state index >= 15 is 0 Å². The lowest BCUT2D eigenvalue weighted by Gasteiger charge is -2.24. The molecule has 2 nitrogen and oxygen atoms in total. The van der Waals surface area contributed by atoms with Crippen LogP contribution in [0.5, 0.6) is 0 Å². The second-order valence-corrected chi connectivity index (χ2v) is 5.79. The van der Waals surface area contributed by atoms with Gasteiger partial charge in [0.2, 0.25) is 0 Å². The van der Waals surface area contributed by atoms with Crippen LogP contribution in [0.2, 0.25) is 0 Å². The van der Waals surface area contributed by atoms with Gasteiger partial charge in [0.25, 0.3) is 0 Å². The Morgan fingerprint density at radius 2 is 2.11 bits per heavy atom. The molecule has 1 saturated carbocycles. The number of carbonyl (C=O) groups is 1. The Kier molecular flexibility index (Phi) is 3.16. The van der Waals surface area contributed by atoms with E-state index in [0.717, 1.165) is 15.4 Å². The van der Waals surface area contributed by atoms with E-state index in [1.807, 2.05) is 30.3 Å². The number of pyridine rings is 1. The van der Waals surface area contributed by atoms with Crippen molar-refractivity contribution >= 4 is 32.6 Å². The Hall–Kier alpha value is -1.22. The summed E-state index contributed by atoms with van der Waals surface area (Å²) in [5.41, 5.74) is 1.47. The van der Waals surface area contributed by atoms with Gasteiger partial charge in [0, 0.05) is 16.3 Å². The number of halogens is 1. The Morgan fingerprint density at radius 1 is 1.33 bits per heavy atom. The zero-order valence-electron chi connectivity index (χ0n) is 10.0. The molecule has 0 unspecified atom stereocenters. The van der Waals surface area contributed by atoms with Crippen molar-refractivity contribution in [3.05, 3.63) is 40.5 Å². The maximum absolute atomic E-state index is 12.2. The first kappa shape index (κ1) is 11.8. The van der Waals surface area contributed by atoms with Crippen molar-refractivity contribution in [2.24, 2.45) is 5.92 Å². The van der Waals surface area contributed by atoms with Gasteiger partial charge < -0.3 is 0 Å². The average molecular weight is 304 g/mol. The fourth-order valence-electron chi connectivity index (χ4n) is 2.34. The lowest BCUT2D eigenvalue weighted by atomic mass is 9.81. The van der Waals surface area contributed by atoms with Gasteiger partial charge in [-0.3, -0.25) is 4.79 Å². The van der Waals surface area contributed by atoms with Gasteiger partial charge in [-0.1, -0.05) is 37.5 Å². The maximum Gasteiger partial charge on any atom is 0.182 e. The molecule has 1 aliphatic rings. The van der Waals surface area contributed by atoms with Crippen LogP contribution >= 0.6 is 15.9 Å². The Labute approximate surface area is 115 Å². The van der Waals surface area contributed by atoms with Crippen molar-refractivity contribution in [1.29, 1.82) is 0 Å². The molecule has 0 atom stereocenters. The van der Waals surface area contributed by atoms with Gasteiger partial charge in [-0.05, 0) is 34.0 Å². The molecule has 1 fully saturated rings. The summed E-state index contributed by atoms with van der Waals surface area (Å²) in [6.07, 6.45) is 4.29. The molecule has 3 heteroatoms. The summed E-state index contributed by atoms with van der Waals surface area (Å²) < 4.78 is 0.811. The zero-order valence-corrected chi connectivity index (χ0v) is 11.6. The monoisotopic (exact) mass is 303 g/mol. The van der Waals surface area contributed by atoms with E-state index in [0.29, 0.717) is 18.0 Å². The Balaban J connectivity index is 1.94. The molecule has 1 aromatic carbocycles. The third-order valence-electron chi connectivity index (χ3n) is 3.64. The van der Waals surface area contributed by atoms with E-state index in [2.05, 4.69) is 20.9 Å². The first-order valence-electron chi connectivity index (χ1n) is 6.32. The van der Waals surface area contributed by atoms with Gasteiger partial charge in [-0.2, -0.15) is 0 Å². The molecule has 1 heterocycles. The quantitative estimate of drug-likeness (QED) is 0.788. The highest BCUT2D eigenvalue weighted by Gasteiger charge is 2.23. The minimum absolute atomic E-state index is 0.164. The number of Topliss-reactive ketones (excluding diaryl/α,β-unsaturated/α-hetero) is 1. The maximum atomic E-state index is 12.2. The van der Waals surface area contributed by atoms with Gasteiger partial charge >= 0.3 is 0 Å². The normalized spacial score (nSPS) is 15.6. The van der Waals surface area contributed by atoms with Crippen molar-refractivity contribution in [1.82, 2.24) is 4.98 Å². The fourth-order valence-corrected chi connectivity index (χ4v) is 2.90. The van der Waals surface area contributed by atoms with Crippen LogP contribution in [0.25, 0.3) is 10.9 Å². The van der Waals surface area contributed by atoms with Crippen LogP contribution in [0, 0.1) is 5.92 Å². The number of ketones is 1. The highest BCUT2D eigenvalue weighted by molar-refractivity contribution is 9.10. The second-order valence-electron chi connectivity index (χ2n) is 4.94. The van der Waals surface area contributed by atoms with Crippen LogP contribution in [0.3, 0.4) is 0 Å². The van der Waals surface area contributed by atoms with Crippen LogP contribution in [0.4, 0.5) is 0 Å². The standard InChI is InChI=1S/C15H14BrNO/c16-12-9-11-6-1-2-7-13(11)17-15(12)14(18)8-10-4-3-5-10/h1-2,6-7,9-10H,3-5,8H2. The number of fused-ring (bicyclic) bond motifs is 1. The summed E-state index contributed by atoms with van der Waals surface area (Å²) >= 11 is 3.46. The summed E-state index contributed by atoms with van der Waals surface area (Å²) in [5.74, 6) is 0.745. The Bertz CT molecular complexity index is 604. The van der Waals surface area contributed by atoms with Crippen LogP contribution in [0.15, 0.2) is 34.8 Å². The molecule has 0 saturated heterocycles. The second kappa shape index (κ2) is 4.81. The highest BCUT2D eigenvalue weighted by atomic mass is 79.9. The zero-order chi connectivity index (χ0) is 12.5. The van der Waals surface area contributed by atoms with E-state index in [4.69, 9.17) is 0 Å². The lowest BCUT2D eigenvalue weighted by Crippen LogP contribution is -2.17. The van der Waals surface area contributed by atoms with E-state index in [9.17, 15) is 4.79 Å². The third-order valence-corrected chi connectivity index (χ3v) is 4.24. The average Bonchev–Trinajstić information content (AvgIpc) is 2.32. The fraction of sp³-hybridized carbons (Fsp3) is 0.333. The van der Waals surface area contributed by atoms with Crippen molar-refractivity contribution in [3.63, 3.8) is 0 Å². The molecular formula is C15H14BrNO. The molecule has 0 bridgehead atoms. The number of para-hydroxylation sites is 1. The van der Waals surface area contributed by atoms with Crippen LogP contribution in [0.1, 0.15) is 36.2 Å². The summed E-state index contributed by atoms with van der Waals surface area (Å²) in [5, 5.41) is 1.06. The summed E-state index contributed by atoms with van der Waals surface area (Å²) in [4.78, 5) is 16.7. The molecule has 0 aliphatic heterocycles. The van der Waals surface area contributed by atoms with Crippen LogP contribution in [-0.2, 0) is 0 Å². The van der Waals surface area contributed by atoms with Gasteiger partial charge in [0.05, 0.1) is 5.52 Å². The van der Waals surface area contributed by atoms with E-state index < -0.39 is 0 Å². The molecule has 3 rings (SSSR count). The summed E-state index contributed by atoms with van der Waals surface area (Å²) in [6.45, 7) is 0. The predicted molar refractivity (Wildman–Crippen MR) is 75.7 cm³/mol. The largest absolute Gasteiger partial charge is 0.292 e. The lowest BCUT2D eigenvalue weighted by molar-refractivity contribution is 0.0931. The molecule has 0 spiro atoms. The van der Waals surface area contributed by atoms with Crippen molar-refractivity contribution in [2.45, 2.75) is 25.7 Å². The molecule has 2 aromatic rings. The first-order chi connectivity index (χ1) is 8.74. The molecule has 0 radical (unpaired) electrons. The molecule has 0 amide bonds. The first-order valence-corrected chi connectivity index (χ1v) is 7.12. The number of carbonyl (C=O) groups excluding carboxylic acids is 1. The van der Waals surface area contributed by atoms with E-state index in [-0.39, 0.29) is 5.78 Å². The van der Waals surface area contributed by atoms with E-state index in [1.54, 1.807) is 0 Å². The number of nitrogens with zero attached hydrogens (tertiary/aromatic N) is 1. The third kappa shape index (κ3) is 2.19. The molecular weight excluding hydrogens is 290 g/mol. The van der Waals surface area contributed by atoms with Crippen molar-refractivity contribution in [2.75, 3.05) is 0 Å². The van der Waals surface area contributed by atoms with Crippen molar-refractivity contribution < 1.29 is 4.79 Å². The number of aromatic nitrogens is 1. The SMILES string of the molecule is O=C(CC1CCC1)c1nc2ccccc2cc1Br. The predicted octanol–water partition coefficient (Wildman–Crippen LogP) is 4.37. The number of hydrogen-bond acceptors (Lipinski definition) is 2. The van der Waals surface area contributed by atoms with Gasteiger partial charge in [-0.25, -0.2) is 4.98 Å². The van der Waals surface area contributed by atoms with Gasteiger partial charge in [0.15, 0.2) is 5.78 Å². The highest BCUT2D eigenvalue weighted by Crippen LogP contribution is 2.31. The van der Waals surface area contributed by atoms with Gasteiger partial charge in [0.1, 0.15) is 5.69 Å².